The molecule has 0 aliphatic rings. The van der Waals surface area contributed by atoms with E-state index in [2.05, 4.69) is 10.3 Å². The lowest BCUT2D eigenvalue weighted by atomic mass is 9.98. The predicted octanol–water partition coefficient (Wildman–Crippen LogP) is 1.92. The first-order chi connectivity index (χ1) is 7.70. The van der Waals surface area contributed by atoms with Gasteiger partial charge in [0.1, 0.15) is 0 Å². The number of aliphatic hydroxyl groups is 1. The van der Waals surface area contributed by atoms with Gasteiger partial charge in [0.25, 0.3) is 0 Å². The molecule has 0 aromatic carbocycles. The summed E-state index contributed by atoms with van der Waals surface area (Å²) in [5.74, 6) is 1.07. The quantitative estimate of drug-likeness (QED) is 0.564. The summed E-state index contributed by atoms with van der Waals surface area (Å²) in [6, 6.07) is 4.04. The third-order valence-corrected chi connectivity index (χ3v) is 3.84. The highest BCUT2D eigenvalue weighted by molar-refractivity contribution is 7.99. The second-order valence-corrected chi connectivity index (χ2v) is 5.27. The second kappa shape index (κ2) is 6.89. The van der Waals surface area contributed by atoms with Crippen LogP contribution in [-0.2, 0) is 0 Å². The highest BCUT2D eigenvalue weighted by Gasteiger charge is 2.19. The summed E-state index contributed by atoms with van der Waals surface area (Å²) in [4.78, 5) is 5.24. The summed E-state index contributed by atoms with van der Waals surface area (Å²) in [7, 11) is 1.90. The molecule has 1 rings (SSSR count). The summed E-state index contributed by atoms with van der Waals surface area (Å²) in [5, 5.41) is 12.4. The predicted molar refractivity (Wildman–Crippen MR) is 68.7 cm³/mol. The molecule has 1 unspecified atom stereocenters. The maximum atomic E-state index is 9.22. The van der Waals surface area contributed by atoms with Crippen molar-refractivity contribution >= 4 is 11.8 Å². The summed E-state index contributed by atoms with van der Waals surface area (Å²) in [6.07, 6.45) is 5.70. The van der Waals surface area contributed by atoms with Crippen LogP contribution in [0.4, 0.5) is 0 Å². The van der Waals surface area contributed by atoms with Gasteiger partial charge in [0.05, 0.1) is 6.61 Å². The minimum Gasteiger partial charge on any atom is -0.394 e. The molecule has 1 aromatic heterocycles. The average molecular weight is 240 g/mol. The third kappa shape index (κ3) is 4.51. The van der Waals surface area contributed by atoms with Gasteiger partial charge in [0.2, 0.25) is 0 Å². The zero-order valence-electron chi connectivity index (χ0n) is 9.94. The Balaban J connectivity index is 2.22. The van der Waals surface area contributed by atoms with Gasteiger partial charge in [0.15, 0.2) is 0 Å². The lowest BCUT2D eigenvalue weighted by Gasteiger charge is -2.26. The number of thioether (sulfide) groups is 1. The van der Waals surface area contributed by atoms with Crippen molar-refractivity contribution in [1.82, 2.24) is 10.3 Å². The first-order valence-corrected chi connectivity index (χ1v) is 6.51. The smallest absolute Gasteiger partial charge is 0.0610 e. The molecular formula is C12H20N2OS. The first kappa shape index (κ1) is 13.5. The van der Waals surface area contributed by atoms with E-state index in [-0.39, 0.29) is 12.1 Å². The van der Waals surface area contributed by atoms with E-state index in [0.29, 0.717) is 0 Å². The number of hydrogen-bond acceptors (Lipinski definition) is 4. The Kier molecular flexibility index (Phi) is 5.80. The van der Waals surface area contributed by atoms with Crippen LogP contribution in [0.5, 0.6) is 0 Å². The van der Waals surface area contributed by atoms with Crippen molar-refractivity contribution in [3.63, 3.8) is 0 Å². The number of likely N-dealkylation sites (N-methyl/N-ethyl adjacent to an activating group) is 1. The van der Waals surface area contributed by atoms with Crippen molar-refractivity contribution in [2.45, 2.75) is 30.2 Å². The second-order valence-electron chi connectivity index (χ2n) is 4.10. The molecule has 1 heterocycles. The molecule has 0 fully saturated rings. The molecule has 0 saturated carbocycles. The molecule has 2 N–H and O–H groups in total. The molecular weight excluding hydrogens is 220 g/mol. The maximum absolute atomic E-state index is 9.22. The van der Waals surface area contributed by atoms with Crippen LogP contribution in [0.25, 0.3) is 0 Å². The minimum absolute atomic E-state index is 0.140. The number of aliphatic hydroxyl groups excluding tert-OH is 1. The molecule has 0 aliphatic heterocycles. The Morgan fingerprint density at radius 1 is 1.44 bits per heavy atom. The zero-order chi connectivity index (χ0) is 11.9. The molecule has 1 atom stereocenters. The van der Waals surface area contributed by atoms with Gasteiger partial charge < -0.3 is 10.4 Å². The number of rotatable bonds is 7. The van der Waals surface area contributed by atoms with Gasteiger partial charge in [-0.3, -0.25) is 4.98 Å². The topological polar surface area (TPSA) is 45.1 Å². The van der Waals surface area contributed by atoms with E-state index in [0.717, 1.165) is 18.6 Å². The van der Waals surface area contributed by atoms with Gasteiger partial charge in [0, 0.05) is 22.8 Å². The number of aromatic nitrogens is 1. The van der Waals surface area contributed by atoms with Gasteiger partial charge in [-0.05, 0) is 44.7 Å². The highest BCUT2D eigenvalue weighted by Crippen LogP contribution is 2.20. The molecule has 0 amide bonds. The van der Waals surface area contributed by atoms with E-state index in [9.17, 15) is 5.11 Å². The fourth-order valence-corrected chi connectivity index (χ4v) is 2.21. The Bertz CT molecular complexity index is 288. The SMILES string of the molecule is CNC(C)(CO)CCCSc1ccncc1. The van der Waals surface area contributed by atoms with Crippen LogP contribution in [0, 0.1) is 0 Å². The van der Waals surface area contributed by atoms with Gasteiger partial charge in [-0.1, -0.05) is 0 Å². The van der Waals surface area contributed by atoms with E-state index < -0.39 is 0 Å². The third-order valence-electron chi connectivity index (χ3n) is 2.74. The lowest BCUT2D eigenvalue weighted by Crippen LogP contribution is -2.43. The average Bonchev–Trinajstić information content (AvgIpc) is 2.36. The van der Waals surface area contributed by atoms with Gasteiger partial charge in [-0.15, -0.1) is 11.8 Å². The molecule has 0 radical (unpaired) electrons. The molecule has 0 spiro atoms. The molecule has 0 bridgehead atoms. The largest absolute Gasteiger partial charge is 0.394 e. The van der Waals surface area contributed by atoms with Gasteiger partial charge in [-0.25, -0.2) is 0 Å². The van der Waals surface area contributed by atoms with Crippen molar-refractivity contribution in [1.29, 1.82) is 0 Å². The van der Waals surface area contributed by atoms with Crippen molar-refractivity contribution in [3.8, 4) is 0 Å². The molecule has 0 saturated heterocycles. The van der Waals surface area contributed by atoms with Crippen LogP contribution in [0.1, 0.15) is 19.8 Å². The first-order valence-electron chi connectivity index (χ1n) is 5.53. The monoisotopic (exact) mass is 240 g/mol. The van der Waals surface area contributed by atoms with Crippen molar-refractivity contribution in [2.75, 3.05) is 19.4 Å². The molecule has 1 aromatic rings. The van der Waals surface area contributed by atoms with Crippen LogP contribution in [0.15, 0.2) is 29.4 Å². The minimum atomic E-state index is -0.140. The number of nitrogens with zero attached hydrogens (tertiary/aromatic N) is 1. The van der Waals surface area contributed by atoms with E-state index in [1.54, 1.807) is 0 Å². The Morgan fingerprint density at radius 2 is 2.12 bits per heavy atom. The van der Waals surface area contributed by atoms with Crippen molar-refractivity contribution in [2.24, 2.45) is 0 Å². The number of hydrogen-bond donors (Lipinski definition) is 2. The normalized spacial score (nSPS) is 14.7. The fraction of sp³-hybridized carbons (Fsp3) is 0.583. The van der Waals surface area contributed by atoms with Gasteiger partial charge in [-0.2, -0.15) is 0 Å². The molecule has 16 heavy (non-hydrogen) atoms. The van der Waals surface area contributed by atoms with Crippen LogP contribution >= 0.6 is 11.8 Å². The zero-order valence-corrected chi connectivity index (χ0v) is 10.8. The lowest BCUT2D eigenvalue weighted by molar-refractivity contribution is 0.173. The molecule has 90 valence electrons. The van der Waals surface area contributed by atoms with E-state index >= 15 is 0 Å². The Morgan fingerprint density at radius 3 is 2.69 bits per heavy atom. The van der Waals surface area contributed by atoms with E-state index in [1.807, 2.05) is 50.3 Å². The number of pyridine rings is 1. The van der Waals surface area contributed by atoms with Crippen LogP contribution in [0.3, 0.4) is 0 Å². The summed E-state index contributed by atoms with van der Waals surface area (Å²) in [6.45, 7) is 2.23. The van der Waals surface area contributed by atoms with E-state index in [4.69, 9.17) is 0 Å². The summed E-state index contributed by atoms with van der Waals surface area (Å²) in [5.41, 5.74) is -0.140. The summed E-state index contributed by atoms with van der Waals surface area (Å²) >= 11 is 1.83. The molecule has 3 nitrogen and oxygen atoms in total. The van der Waals surface area contributed by atoms with Crippen LogP contribution in [-0.4, -0.2) is 35.0 Å². The van der Waals surface area contributed by atoms with Crippen molar-refractivity contribution in [3.05, 3.63) is 24.5 Å². The fourth-order valence-electron chi connectivity index (χ4n) is 1.37. The summed E-state index contributed by atoms with van der Waals surface area (Å²) < 4.78 is 0. The standard InChI is InChI=1S/C12H20N2OS/c1-12(10-15,13-2)6-3-9-16-11-4-7-14-8-5-11/h4-5,7-8,13,15H,3,6,9-10H2,1-2H3. The van der Waals surface area contributed by atoms with Crippen LogP contribution in [0.2, 0.25) is 0 Å². The maximum Gasteiger partial charge on any atom is 0.0610 e. The van der Waals surface area contributed by atoms with Crippen LogP contribution < -0.4 is 5.32 Å². The molecule has 0 aliphatic carbocycles. The highest BCUT2D eigenvalue weighted by atomic mass is 32.2. The van der Waals surface area contributed by atoms with E-state index in [1.165, 1.54) is 4.90 Å². The molecule has 4 heteroatoms. The van der Waals surface area contributed by atoms with Crippen molar-refractivity contribution < 1.29 is 5.11 Å². The number of nitrogens with one attached hydrogen (secondary N) is 1. The Labute approximate surface area is 102 Å². The van der Waals surface area contributed by atoms with Gasteiger partial charge >= 0.3 is 0 Å². The Hall–Kier alpha value is -0.580.